The predicted octanol–water partition coefficient (Wildman–Crippen LogP) is 3.89. The molecular formula is C15H19BrN2. The van der Waals surface area contributed by atoms with Gasteiger partial charge in [-0.25, -0.2) is 0 Å². The van der Waals surface area contributed by atoms with Gasteiger partial charge in [-0.1, -0.05) is 40.5 Å². The molecule has 0 unspecified atom stereocenters. The Kier molecular flexibility index (Phi) is 5.62. The molecule has 0 amide bonds. The second kappa shape index (κ2) is 7.49. The highest BCUT2D eigenvalue weighted by molar-refractivity contribution is 9.09. The number of pyridine rings is 1. The van der Waals surface area contributed by atoms with Crippen molar-refractivity contribution in [2.45, 2.75) is 25.8 Å². The summed E-state index contributed by atoms with van der Waals surface area (Å²) < 4.78 is 0. The summed E-state index contributed by atoms with van der Waals surface area (Å²) in [7, 11) is 0. The largest absolute Gasteiger partial charge is 0.313 e. The van der Waals surface area contributed by atoms with Crippen LogP contribution in [-0.4, -0.2) is 16.9 Å². The van der Waals surface area contributed by atoms with E-state index in [-0.39, 0.29) is 0 Å². The van der Waals surface area contributed by atoms with Gasteiger partial charge in [0.15, 0.2) is 0 Å². The number of benzene rings is 1. The van der Waals surface area contributed by atoms with Gasteiger partial charge < -0.3 is 5.32 Å². The third-order valence-corrected chi connectivity index (χ3v) is 3.60. The first-order valence-electron chi connectivity index (χ1n) is 6.51. The van der Waals surface area contributed by atoms with Gasteiger partial charge in [-0.15, -0.1) is 0 Å². The number of alkyl halides is 1. The summed E-state index contributed by atoms with van der Waals surface area (Å²) in [5.74, 6) is 0. The van der Waals surface area contributed by atoms with E-state index in [4.69, 9.17) is 0 Å². The SMILES string of the molecule is BrCCCCCNCc1ccnc2ccccc12. The molecule has 0 fully saturated rings. The number of fused-ring (bicyclic) bond motifs is 1. The number of para-hydroxylation sites is 1. The monoisotopic (exact) mass is 306 g/mol. The van der Waals surface area contributed by atoms with Gasteiger partial charge in [0.2, 0.25) is 0 Å². The van der Waals surface area contributed by atoms with Crippen LogP contribution in [0.5, 0.6) is 0 Å². The smallest absolute Gasteiger partial charge is 0.0705 e. The molecule has 1 N–H and O–H groups in total. The lowest BCUT2D eigenvalue weighted by molar-refractivity contribution is 0.620. The van der Waals surface area contributed by atoms with Crippen molar-refractivity contribution in [2.75, 3.05) is 11.9 Å². The first-order chi connectivity index (χ1) is 8.92. The first-order valence-corrected chi connectivity index (χ1v) is 7.63. The number of hydrogen-bond acceptors (Lipinski definition) is 2. The van der Waals surface area contributed by atoms with E-state index >= 15 is 0 Å². The molecule has 1 heterocycles. The van der Waals surface area contributed by atoms with Crippen LogP contribution in [0, 0.1) is 0 Å². The lowest BCUT2D eigenvalue weighted by Gasteiger charge is -2.07. The van der Waals surface area contributed by atoms with E-state index in [1.54, 1.807) is 0 Å². The van der Waals surface area contributed by atoms with Crippen molar-refractivity contribution in [3.05, 3.63) is 42.1 Å². The fourth-order valence-electron chi connectivity index (χ4n) is 2.05. The maximum atomic E-state index is 4.38. The van der Waals surface area contributed by atoms with Crippen LogP contribution in [0.3, 0.4) is 0 Å². The Labute approximate surface area is 117 Å². The molecule has 2 aromatic rings. The van der Waals surface area contributed by atoms with Crippen molar-refractivity contribution in [1.29, 1.82) is 0 Å². The molecule has 18 heavy (non-hydrogen) atoms. The van der Waals surface area contributed by atoms with Crippen molar-refractivity contribution in [3.8, 4) is 0 Å². The maximum Gasteiger partial charge on any atom is 0.0705 e. The normalized spacial score (nSPS) is 10.9. The summed E-state index contributed by atoms with van der Waals surface area (Å²) in [4.78, 5) is 4.38. The number of halogens is 1. The Hall–Kier alpha value is -0.930. The van der Waals surface area contributed by atoms with E-state index < -0.39 is 0 Å². The van der Waals surface area contributed by atoms with E-state index in [9.17, 15) is 0 Å². The lowest BCUT2D eigenvalue weighted by Crippen LogP contribution is -2.15. The summed E-state index contributed by atoms with van der Waals surface area (Å²) in [5.41, 5.74) is 2.41. The molecule has 1 aromatic heterocycles. The number of unbranched alkanes of at least 4 members (excludes halogenated alkanes) is 2. The van der Waals surface area contributed by atoms with Crippen LogP contribution in [0.15, 0.2) is 36.5 Å². The van der Waals surface area contributed by atoms with Crippen molar-refractivity contribution in [2.24, 2.45) is 0 Å². The zero-order valence-electron chi connectivity index (χ0n) is 10.5. The summed E-state index contributed by atoms with van der Waals surface area (Å²) in [5, 5.41) is 5.88. The fraction of sp³-hybridized carbons (Fsp3) is 0.400. The van der Waals surface area contributed by atoms with Gasteiger partial charge in [0.25, 0.3) is 0 Å². The van der Waals surface area contributed by atoms with Gasteiger partial charge in [0.1, 0.15) is 0 Å². The minimum atomic E-state index is 0.928. The zero-order chi connectivity index (χ0) is 12.6. The molecule has 0 atom stereocenters. The quantitative estimate of drug-likeness (QED) is 0.620. The Balaban J connectivity index is 1.88. The van der Waals surface area contributed by atoms with E-state index in [0.717, 1.165) is 23.9 Å². The number of rotatable bonds is 7. The van der Waals surface area contributed by atoms with Crippen LogP contribution in [0.25, 0.3) is 10.9 Å². The molecule has 0 radical (unpaired) electrons. The van der Waals surface area contributed by atoms with Crippen molar-refractivity contribution in [3.63, 3.8) is 0 Å². The van der Waals surface area contributed by atoms with Crippen LogP contribution in [0.4, 0.5) is 0 Å². The van der Waals surface area contributed by atoms with E-state index in [1.165, 1.54) is 30.2 Å². The van der Waals surface area contributed by atoms with Crippen LogP contribution < -0.4 is 5.32 Å². The molecule has 0 saturated heterocycles. The molecule has 0 aliphatic carbocycles. The average molecular weight is 307 g/mol. The summed E-state index contributed by atoms with van der Waals surface area (Å²) in [6.45, 7) is 2.01. The van der Waals surface area contributed by atoms with Crippen LogP contribution >= 0.6 is 15.9 Å². The highest BCUT2D eigenvalue weighted by Crippen LogP contribution is 2.15. The molecule has 0 bridgehead atoms. The van der Waals surface area contributed by atoms with Gasteiger partial charge in [0, 0.05) is 23.5 Å². The standard InChI is InChI=1S/C15H19BrN2/c16-9-4-1-5-10-17-12-13-8-11-18-15-7-3-2-6-14(13)15/h2-3,6-8,11,17H,1,4-5,9-10,12H2. The molecule has 96 valence electrons. The molecule has 0 saturated carbocycles. The number of aromatic nitrogens is 1. The zero-order valence-corrected chi connectivity index (χ0v) is 12.1. The van der Waals surface area contributed by atoms with E-state index in [2.05, 4.69) is 50.5 Å². The highest BCUT2D eigenvalue weighted by atomic mass is 79.9. The molecule has 0 aliphatic heterocycles. The lowest BCUT2D eigenvalue weighted by atomic mass is 10.1. The third kappa shape index (κ3) is 3.79. The molecule has 2 rings (SSSR count). The second-order valence-corrected chi connectivity index (χ2v) is 5.21. The van der Waals surface area contributed by atoms with E-state index in [1.807, 2.05) is 12.3 Å². The summed E-state index contributed by atoms with van der Waals surface area (Å²) in [6, 6.07) is 10.4. The highest BCUT2D eigenvalue weighted by Gasteiger charge is 2.00. The van der Waals surface area contributed by atoms with Crippen LogP contribution in [-0.2, 0) is 6.54 Å². The topological polar surface area (TPSA) is 24.9 Å². The predicted molar refractivity (Wildman–Crippen MR) is 81.1 cm³/mol. The summed E-state index contributed by atoms with van der Waals surface area (Å²) in [6.07, 6.45) is 5.69. The number of hydrogen-bond donors (Lipinski definition) is 1. The fourth-order valence-corrected chi connectivity index (χ4v) is 2.45. The van der Waals surface area contributed by atoms with Gasteiger partial charge in [0.05, 0.1) is 5.52 Å². The van der Waals surface area contributed by atoms with Crippen LogP contribution in [0.1, 0.15) is 24.8 Å². The molecule has 2 nitrogen and oxygen atoms in total. The number of nitrogens with zero attached hydrogens (tertiary/aromatic N) is 1. The third-order valence-electron chi connectivity index (χ3n) is 3.04. The maximum absolute atomic E-state index is 4.38. The van der Waals surface area contributed by atoms with Gasteiger partial charge in [-0.05, 0) is 37.1 Å². The van der Waals surface area contributed by atoms with Gasteiger partial charge in [-0.2, -0.15) is 0 Å². The molecule has 1 aromatic carbocycles. The average Bonchev–Trinajstić information content (AvgIpc) is 2.43. The first kappa shape index (κ1) is 13.5. The van der Waals surface area contributed by atoms with Crippen molar-refractivity contribution < 1.29 is 0 Å². The molecular weight excluding hydrogens is 288 g/mol. The van der Waals surface area contributed by atoms with Crippen molar-refractivity contribution >= 4 is 26.8 Å². The Morgan fingerprint density at radius 1 is 1.06 bits per heavy atom. The Morgan fingerprint density at radius 3 is 2.83 bits per heavy atom. The second-order valence-electron chi connectivity index (χ2n) is 4.41. The van der Waals surface area contributed by atoms with E-state index in [0.29, 0.717) is 0 Å². The van der Waals surface area contributed by atoms with Crippen molar-refractivity contribution in [1.82, 2.24) is 10.3 Å². The minimum Gasteiger partial charge on any atom is -0.313 e. The van der Waals surface area contributed by atoms with Crippen LogP contribution in [0.2, 0.25) is 0 Å². The molecule has 3 heteroatoms. The number of nitrogens with one attached hydrogen (secondary N) is 1. The summed E-state index contributed by atoms with van der Waals surface area (Å²) >= 11 is 3.46. The Morgan fingerprint density at radius 2 is 1.94 bits per heavy atom. The molecule has 0 aliphatic rings. The molecule has 0 spiro atoms. The minimum absolute atomic E-state index is 0.928. The van der Waals surface area contributed by atoms with Gasteiger partial charge >= 0.3 is 0 Å². The van der Waals surface area contributed by atoms with Gasteiger partial charge in [-0.3, -0.25) is 4.98 Å². The Bertz CT molecular complexity index is 479.